The average molecular weight is 467 g/mol. The molecule has 2 saturated heterocycles. The summed E-state index contributed by atoms with van der Waals surface area (Å²) in [6.07, 6.45) is 0.677. The number of amides is 4. The van der Waals surface area contributed by atoms with Gasteiger partial charge < -0.3 is 31.7 Å². The van der Waals surface area contributed by atoms with Gasteiger partial charge in [0.05, 0.1) is 18.2 Å². The van der Waals surface area contributed by atoms with Crippen LogP contribution < -0.4 is 21.7 Å². The van der Waals surface area contributed by atoms with Crippen LogP contribution >= 0.6 is 12.4 Å². The fraction of sp³-hybridized carbons (Fsp3) is 0.444. The first kappa shape index (κ1) is 24.7. The summed E-state index contributed by atoms with van der Waals surface area (Å²) in [6.45, 7) is 0.483. The van der Waals surface area contributed by atoms with Crippen LogP contribution in [0.15, 0.2) is 23.3 Å². The number of nitrogens with two attached hydrogens (primary N) is 1. The Hall–Kier alpha value is -3.54. The van der Waals surface area contributed by atoms with E-state index in [-0.39, 0.29) is 53.8 Å². The van der Waals surface area contributed by atoms with Gasteiger partial charge in [0.1, 0.15) is 11.8 Å². The quantitative estimate of drug-likeness (QED) is 0.202. The van der Waals surface area contributed by atoms with E-state index in [1.165, 1.54) is 23.1 Å². The van der Waals surface area contributed by atoms with E-state index in [0.717, 1.165) is 0 Å². The maximum atomic E-state index is 12.5. The highest BCUT2D eigenvalue weighted by atomic mass is 35.5. The molecular formula is C18H23ClN8O5. The topological polar surface area (TPSA) is 203 Å². The second-order valence-corrected chi connectivity index (χ2v) is 7.33. The molecule has 2 fully saturated rings. The fourth-order valence-electron chi connectivity index (χ4n) is 3.62. The van der Waals surface area contributed by atoms with Gasteiger partial charge in [-0.1, -0.05) is 11.2 Å². The third kappa shape index (κ3) is 5.78. The molecule has 0 saturated carbocycles. The van der Waals surface area contributed by atoms with Gasteiger partial charge in [-0.05, 0) is 30.5 Å². The van der Waals surface area contributed by atoms with Crippen LogP contribution in [-0.4, -0.2) is 71.4 Å². The van der Waals surface area contributed by atoms with E-state index < -0.39 is 23.9 Å². The Labute approximate surface area is 188 Å². The number of halogens is 1. The van der Waals surface area contributed by atoms with Crippen molar-refractivity contribution >= 4 is 41.7 Å². The van der Waals surface area contributed by atoms with Gasteiger partial charge in [-0.2, -0.15) is 0 Å². The summed E-state index contributed by atoms with van der Waals surface area (Å²) in [6, 6.07) is 2.23. The van der Waals surface area contributed by atoms with Gasteiger partial charge in [-0.25, -0.2) is 0 Å². The lowest BCUT2D eigenvalue weighted by molar-refractivity contribution is -0.135. The van der Waals surface area contributed by atoms with Crippen molar-refractivity contribution in [2.75, 3.05) is 19.6 Å². The Morgan fingerprint density at radius 1 is 1.34 bits per heavy atom. The van der Waals surface area contributed by atoms with Crippen molar-refractivity contribution in [2.24, 2.45) is 10.8 Å². The van der Waals surface area contributed by atoms with Crippen LogP contribution in [0, 0.1) is 0 Å². The number of nitrogens with one attached hydrogen (secondary N) is 3. The number of likely N-dealkylation sites (tertiary alicyclic amines) is 1. The normalized spacial score (nSPS) is 21.9. The lowest BCUT2D eigenvalue weighted by Crippen LogP contribution is -2.48. The second kappa shape index (κ2) is 10.7. The number of primary amides is 1. The monoisotopic (exact) mass is 466 g/mol. The van der Waals surface area contributed by atoms with Crippen LogP contribution in [0.3, 0.4) is 0 Å². The van der Waals surface area contributed by atoms with Crippen LogP contribution in [0.2, 0.25) is 0 Å². The summed E-state index contributed by atoms with van der Waals surface area (Å²) in [4.78, 5) is 52.1. The molecule has 3 atom stereocenters. The van der Waals surface area contributed by atoms with Gasteiger partial charge in [0.25, 0.3) is 5.91 Å². The number of benzene rings is 1. The summed E-state index contributed by atoms with van der Waals surface area (Å²) < 4.78 is 0. The van der Waals surface area contributed by atoms with Gasteiger partial charge in [0.15, 0.2) is 0 Å². The Balaban J connectivity index is 0.00000363. The van der Waals surface area contributed by atoms with Gasteiger partial charge in [0.2, 0.25) is 17.7 Å². The summed E-state index contributed by atoms with van der Waals surface area (Å²) in [5.74, 6) is -2.21. The molecule has 1 aromatic rings. The van der Waals surface area contributed by atoms with Gasteiger partial charge in [-0.15, -0.1) is 12.4 Å². The van der Waals surface area contributed by atoms with Crippen LogP contribution in [0.4, 0.5) is 5.69 Å². The summed E-state index contributed by atoms with van der Waals surface area (Å²) >= 11 is 0. The maximum absolute atomic E-state index is 12.5. The first-order chi connectivity index (χ1) is 14.8. The first-order valence-electron chi connectivity index (χ1n) is 9.58. The van der Waals surface area contributed by atoms with Gasteiger partial charge in [-0.3, -0.25) is 19.2 Å². The zero-order valence-electron chi connectivity index (χ0n) is 16.9. The minimum atomic E-state index is -0.714. The summed E-state index contributed by atoms with van der Waals surface area (Å²) in [5, 5.41) is 21.7. The van der Waals surface area contributed by atoms with Crippen molar-refractivity contribution in [1.82, 2.24) is 20.9 Å². The molecule has 0 spiro atoms. The molecule has 3 rings (SSSR count). The molecule has 14 heteroatoms. The predicted molar refractivity (Wildman–Crippen MR) is 114 cm³/mol. The zero-order chi connectivity index (χ0) is 22.5. The Bertz CT molecular complexity index is 967. The maximum Gasteiger partial charge on any atom is 0.255 e. The van der Waals surface area contributed by atoms with Crippen LogP contribution in [0.1, 0.15) is 23.2 Å². The van der Waals surface area contributed by atoms with Crippen molar-refractivity contribution in [3.05, 3.63) is 34.2 Å². The molecule has 0 unspecified atom stereocenters. The van der Waals surface area contributed by atoms with Gasteiger partial charge in [0, 0.05) is 29.7 Å². The molecule has 6 N–H and O–H groups in total. The van der Waals surface area contributed by atoms with E-state index in [1.807, 2.05) is 0 Å². The van der Waals surface area contributed by atoms with Crippen LogP contribution in [0.5, 0.6) is 5.75 Å². The third-order valence-corrected chi connectivity index (χ3v) is 5.13. The predicted octanol–water partition coefficient (Wildman–Crippen LogP) is -0.581. The van der Waals surface area contributed by atoms with Crippen molar-refractivity contribution in [3.63, 3.8) is 0 Å². The number of hydrogen-bond donors (Lipinski definition) is 5. The summed E-state index contributed by atoms with van der Waals surface area (Å²) in [5.41, 5.74) is 13.7. The highest BCUT2D eigenvalue weighted by Gasteiger charge is 2.37. The number of nitrogens with zero attached hydrogens (tertiary/aromatic N) is 4. The molecule has 2 heterocycles. The number of azide groups is 1. The average Bonchev–Trinajstić information content (AvgIpc) is 3.30. The van der Waals surface area contributed by atoms with Crippen LogP contribution in [0.25, 0.3) is 10.4 Å². The number of rotatable bonds is 7. The van der Waals surface area contributed by atoms with E-state index in [9.17, 15) is 24.3 Å². The number of phenolic OH excluding ortho intramolecular Hbond substituents is 1. The van der Waals surface area contributed by atoms with Crippen molar-refractivity contribution < 1.29 is 24.3 Å². The molecule has 2 aliphatic rings. The molecule has 0 aromatic heterocycles. The van der Waals surface area contributed by atoms with Crippen molar-refractivity contribution in [2.45, 2.75) is 31.0 Å². The van der Waals surface area contributed by atoms with E-state index in [2.05, 4.69) is 26.0 Å². The second-order valence-electron chi connectivity index (χ2n) is 7.33. The number of carbonyl (C=O) groups excluding carboxylic acids is 4. The zero-order valence-corrected chi connectivity index (χ0v) is 17.7. The highest BCUT2D eigenvalue weighted by Crippen LogP contribution is 2.24. The van der Waals surface area contributed by atoms with Gasteiger partial charge >= 0.3 is 0 Å². The largest absolute Gasteiger partial charge is 0.507 e. The molecule has 0 radical (unpaired) electrons. The lowest BCUT2D eigenvalue weighted by Gasteiger charge is -2.17. The molecular weight excluding hydrogens is 444 g/mol. The molecule has 4 amide bonds. The standard InChI is InChI=1S/C18H22N8O5.ClH/c19-15(28)8-26-4-3-12(18(26)31)23-17(30)13-5-10(7-21-13)22-16(29)11-2-1-9(24-25-20)6-14(11)27;/h1-2,6,10,12-13,21,27H,3-5,7-8H2,(H2,19,28)(H,22,29)(H,23,30);1H/t10-,12+,13-;/m0./s1. The number of hydrogen-bond acceptors (Lipinski definition) is 7. The Morgan fingerprint density at radius 2 is 2.09 bits per heavy atom. The molecule has 13 nitrogen and oxygen atoms in total. The molecule has 2 aliphatic heterocycles. The minimum absolute atomic E-state index is 0. The van der Waals surface area contributed by atoms with E-state index in [1.54, 1.807) is 0 Å². The lowest BCUT2D eigenvalue weighted by atomic mass is 10.1. The minimum Gasteiger partial charge on any atom is -0.507 e. The molecule has 0 bridgehead atoms. The van der Waals surface area contributed by atoms with E-state index in [4.69, 9.17) is 11.3 Å². The first-order valence-corrected chi connectivity index (χ1v) is 9.58. The molecule has 172 valence electrons. The molecule has 0 aliphatic carbocycles. The Kier molecular flexibility index (Phi) is 8.24. The molecule has 1 aromatic carbocycles. The SMILES string of the molecule is Cl.[N-]=[N+]=Nc1ccc(C(=O)N[C@@H]2CN[C@H](C(=O)N[C@@H]3CCN(CC(N)=O)C3=O)C2)c(O)c1. The Morgan fingerprint density at radius 3 is 2.75 bits per heavy atom. The van der Waals surface area contributed by atoms with E-state index in [0.29, 0.717) is 25.9 Å². The highest BCUT2D eigenvalue weighted by molar-refractivity contribution is 5.97. The fourth-order valence-corrected chi connectivity index (χ4v) is 3.62. The number of aromatic hydroxyl groups is 1. The molecule has 32 heavy (non-hydrogen) atoms. The van der Waals surface area contributed by atoms with Crippen LogP contribution in [-0.2, 0) is 14.4 Å². The van der Waals surface area contributed by atoms with Crippen molar-refractivity contribution in [1.29, 1.82) is 0 Å². The van der Waals surface area contributed by atoms with Crippen molar-refractivity contribution in [3.8, 4) is 5.75 Å². The third-order valence-electron chi connectivity index (χ3n) is 5.13. The number of carbonyl (C=O) groups is 4. The summed E-state index contributed by atoms with van der Waals surface area (Å²) in [7, 11) is 0. The van der Waals surface area contributed by atoms with E-state index >= 15 is 0 Å². The smallest absolute Gasteiger partial charge is 0.255 e. The number of phenols is 1.